The van der Waals surface area contributed by atoms with E-state index in [1.807, 2.05) is 91.0 Å². The van der Waals surface area contributed by atoms with Gasteiger partial charge in [-0.3, -0.25) is 4.79 Å². The number of ether oxygens (including phenoxy) is 5. The van der Waals surface area contributed by atoms with Crippen molar-refractivity contribution in [3.05, 3.63) is 108 Å². The topological polar surface area (TPSA) is 95.5 Å². The van der Waals surface area contributed by atoms with E-state index in [9.17, 15) is 9.90 Å². The van der Waals surface area contributed by atoms with Crippen molar-refractivity contribution in [2.45, 2.75) is 50.5 Å². The van der Waals surface area contributed by atoms with Crippen LogP contribution in [0.4, 0.5) is 0 Å². The molecule has 1 fully saturated rings. The maximum atomic E-state index is 12.1. The van der Waals surface area contributed by atoms with E-state index in [2.05, 4.69) is 11.2 Å². The van der Waals surface area contributed by atoms with E-state index in [1.165, 1.54) is 0 Å². The Labute approximate surface area is 235 Å². The van der Waals surface area contributed by atoms with Crippen LogP contribution in [0.5, 0.6) is 0 Å². The molecular weight excluding hydrogens is 510 g/mol. The van der Waals surface area contributed by atoms with Crippen molar-refractivity contribution in [3.63, 3.8) is 0 Å². The SMILES string of the molecule is C#CCNC(=O)CO[C@H]1O[C@H]([C@@H](COCc2ccccc2)OCc2ccccc2)[C@H](OCc2ccccc2)[C@H]1O. The highest BCUT2D eigenvalue weighted by Crippen LogP contribution is 2.30. The van der Waals surface area contributed by atoms with Crippen LogP contribution in [0.3, 0.4) is 0 Å². The molecule has 8 nitrogen and oxygen atoms in total. The number of amides is 1. The molecule has 3 aromatic rings. The highest BCUT2D eigenvalue weighted by atomic mass is 16.7. The Kier molecular flexibility index (Phi) is 11.7. The van der Waals surface area contributed by atoms with Crippen molar-refractivity contribution < 1.29 is 33.6 Å². The van der Waals surface area contributed by atoms with Crippen LogP contribution < -0.4 is 5.32 Å². The standard InChI is InChI=1S/C32H35NO7/c1-2-18-33-28(34)23-39-32-29(35)31(38-21-26-16-10-5-11-17-26)30(40-32)27(37-20-25-14-8-4-9-15-25)22-36-19-24-12-6-3-7-13-24/h1,3-17,27,29-32,35H,18-23H2,(H,33,34)/t27-,29-,30-,31-,32+/m1/s1. The number of rotatable bonds is 15. The molecule has 40 heavy (non-hydrogen) atoms. The second kappa shape index (κ2) is 15.9. The molecule has 0 bridgehead atoms. The first-order valence-electron chi connectivity index (χ1n) is 13.2. The number of hydrogen-bond donors (Lipinski definition) is 2. The summed E-state index contributed by atoms with van der Waals surface area (Å²) in [5.74, 6) is 1.92. The summed E-state index contributed by atoms with van der Waals surface area (Å²) in [7, 11) is 0. The molecule has 2 N–H and O–H groups in total. The fourth-order valence-corrected chi connectivity index (χ4v) is 4.30. The molecule has 0 aliphatic carbocycles. The third-order valence-electron chi connectivity index (χ3n) is 6.35. The van der Waals surface area contributed by atoms with Crippen LogP contribution in [0.15, 0.2) is 91.0 Å². The molecule has 1 aliphatic rings. The maximum Gasteiger partial charge on any atom is 0.246 e. The quantitative estimate of drug-likeness (QED) is 0.283. The van der Waals surface area contributed by atoms with E-state index >= 15 is 0 Å². The normalized spacial score (nSPS) is 21.0. The van der Waals surface area contributed by atoms with E-state index in [1.54, 1.807) is 0 Å². The van der Waals surface area contributed by atoms with Gasteiger partial charge in [-0.1, -0.05) is 96.9 Å². The van der Waals surface area contributed by atoms with Crippen molar-refractivity contribution in [2.75, 3.05) is 19.8 Å². The highest BCUT2D eigenvalue weighted by molar-refractivity contribution is 5.77. The maximum absolute atomic E-state index is 12.1. The van der Waals surface area contributed by atoms with Gasteiger partial charge in [0.25, 0.3) is 0 Å². The number of nitrogens with one attached hydrogen (secondary N) is 1. The Hall–Kier alpha value is -3.55. The van der Waals surface area contributed by atoms with E-state index in [0.717, 1.165) is 16.7 Å². The highest BCUT2D eigenvalue weighted by Gasteiger charge is 2.49. The average molecular weight is 546 g/mol. The van der Waals surface area contributed by atoms with Crippen molar-refractivity contribution in [2.24, 2.45) is 0 Å². The first-order valence-corrected chi connectivity index (χ1v) is 13.2. The molecule has 1 saturated heterocycles. The Balaban J connectivity index is 1.48. The van der Waals surface area contributed by atoms with Crippen LogP contribution in [0.2, 0.25) is 0 Å². The number of carbonyl (C=O) groups is 1. The summed E-state index contributed by atoms with van der Waals surface area (Å²) in [6.45, 7) is 0.860. The average Bonchev–Trinajstić information content (AvgIpc) is 3.31. The minimum Gasteiger partial charge on any atom is -0.385 e. The van der Waals surface area contributed by atoms with Gasteiger partial charge in [0.05, 0.1) is 33.0 Å². The zero-order chi connectivity index (χ0) is 28.0. The first kappa shape index (κ1) is 29.4. The lowest BCUT2D eigenvalue weighted by molar-refractivity contribution is -0.193. The molecule has 0 spiro atoms. The molecule has 0 unspecified atom stereocenters. The van der Waals surface area contributed by atoms with Gasteiger partial charge in [0, 0.05) is 0 Å². The Bertz CT molecular complexity index is 1190. The Morgan fingerprint density at radius 2 is 1.45 bits per heavy atom. The summed E-state index contributed by atoms with van der Waals surface area (Å²) in [6.07, 6.45) is 0.764. The molecule has 5 atom stereocenters. The van der Waals surface area contributed by atoms with Gasteiger partial charge in [-0.05, 0) is 16.7 Å². The van der Waals surface area contributed by atoms with Gasteiger partial charge in [-0.15, -0.1) is 6.42 Å². The van der Waals surface area contributed by atoms with Gasteiger partial charge >= 0.3 is 0 Å². The summed E-state index contributed by atoms with van der Waals surface area (Å²) < 4.78 is 30.4. The number of aliphatic hydroxyl groups is 1. The summed E-state index contributed by atoms with van der Waals surface area (Å²) in [6, 6.07) is 29.2. The van der Waals surface area contributed by atoms with E-state index in [4.69, 9.17) is 30.1 Å². The number of carbonyl (C=O) groups excluding carboxylic acids is 1. The molecule has 210 valence electrons. The molecular formula is C32H35NO7. The molecule has 0 radical (unpaired) electrons. The number of aliphatic hydroxyl groups excluding tert-OH is 1. The van der Waals surface area contributed by atoms with Gasteiger partial charge in [-0.25, -0.2) is 0 Å². The largest absolute Gasteiger partial charge is 0.385 e. The lowest BCUT2D eigenvalue weighted by Gasteiger charge is -2.28. The fourth-order valence-electron chi connectivity index (χ4n) is 4.30. The van der Waals surface area contributed by atoms with E-state index in [-0.39, 0.29) is 26.4 Å². The van der Waals surface area contributed by atoms with Gasteiger partial charge in [0.1, 0.15) is 31.0 Å². The third-order valence-corrected chi connectivity index (χ3v) is 6.35. The van der Waals surface area contributed by atoms with E-state index in [0.29, 0.717) is 13.2 Å². The second-order valence-corrected chi connectivity index (χ2v) is 9.35. The zero-order valence-corrected chi connectivity index (χ0v) is 22.3. The Morgan fingerprint density at radius 3 is 2.05 bits per heavy atom. The minimum atomic E-state index is -1.17. The van der Waals surface area contributed by atoms with Crippen LogP contribution in [0.1, 0.15) is 16.7 Å². The van der Waals surface area contributed by atoms with Crippen LogP contribution in [0, 0.1) is 12.3 Å². The monoisotopic (exact) mass is 545 g/mol. The van der Waals surface area contributed by atoms with Gasteiger partial charge in [0.2, 0.25) is 5.91 Å². The minimum absolute atomic E-state index is 0.0792. The molecule has 3 aromatic carbocycles. The van der Waals surface area contributed by atoms with Crippen LogP contribution in [-0.4, -0.2) is 61.5 Å². The molecule has 4 rings (SSSR count). The lowest BCUT2D eigenvalue weighted by atomic mass is 10.1. The number of hydrogen-bond acceptors (Lipinski definition) is 7. The summed E-state index contributed by atoms with van der Waals surface area (Å²) in [4.78, 5) is 12.1. The smallest absolute Gasteiger partial charge is 0.246 e. The van der Waals surface area contributed by atoms with Gasteiger partial charge in [-0.2, -0.15) is 0 Å². The predicted octanol–water partition coefficient (Wildman–Crippen LogP) is 3.23. The molecule has 0 aromatic heterocycles. The van der Waals surface area contributed by atoms with Gasteiger partial charge < -0.3 is 34.1 Å². The van der Waals surface area contributed by atoms with E-state index < -0.39 is 36.6 Å². The van der Waals surface area contributed by atoms with Crippen LogP contribution in [0.25, 0.3) is 0 Å². The number of benzene rings is 3. The third kappa shape index (κ3) is 9.00. The summed E-state index contributed by atoms with van der Waals surface area (Å²) in [5, 5.41) is 13.7. The molecule has 1 amide bonds. The second-order valence-electron chi connectivity index (χ2n) is 9.35. The molecule has 1 heterocycles. The fraction of sp³-hybridized carbons (Fsp3) is 0.344. The zero-order valence-electron chi connectivity index (χ0n) is 22.3. The number of terminal acetylenes is 1. The van der Waals surface area contributed by atoms with Gasteiger partial charge in [0.15, 0.2) is 6.29 Å². The predicted molar refractivity (Wildman–Crippen MR) is 149 cm³/mol. The van der Waals surface area contributed by atoms with Crippen molar-refractivity contribution >= 4 is 5.91 Å². The first-order chi connectivity index (χ1) is 19.6. The van der Waals surface area contributed by atoms with Crippen molar-refractivity contribution in [1.29, 1.82) is 0 Å². The van der Waals surface area contributed by atoms with Crippen LogP contribution >= 0.6 is 0 Å². The Morgan fingerprint density at radius 1 is 0.875 bits per heavy atom. The molecule has 8 heteroatoms. The molecule has 1 aliphatic heterocycles. The van der Waals surface area contributed by atoms with Crippen molar-refractivity contribution in [3.8, 4) is 12.3 Å². The van der Waals surface area contributed by atoms with Crippen LogP contribution in [-0.2, 0) is 48.3 Å². The lowest BCUT2D eigenvalue weighted by Crippen LogP contribution is -2.44. The summed E-state index contributed by atoms with van der Waals surface area (Å²) in [5.41, 5.74) is 2.94. The summed E-state index contributed by atoms with van der Waals surface area (Å²) >= 11 is 0. The van der Waals surface area contributed by atoms with Crippen molar-refractivity contribution in [1.82, 2.24) is 5.32 Å². The molecule has 0 saturated carbocycles.